The number of hydrogen-bond acceptors (Lipinski definition) is 5. The lowest BCUT2D eigenvalue weighted by molar-refractivity contribution is -0.116. The van der Waals surface area contributed by atoms with Gasteiger partial charge in [-0.25, -0.2) is 8.42 Å². The second kappa shape index (κ2) is 11.1. The van der Waals surface area contributed by atoms with Gasteiger partial charge in [0.05, 0.1) is 4.90 Å². The number of nitrogens with zero attached hydrogens (tertiary/aromatic N) is 1. The summed E-state index contributed by atoms with van der Waals surface area (Å²) in [4.78, 5) is 28.6. The van der Waals surface area contributed by atoms with Crippen molar-refractivity contribution in [3.05, 3.63) is 59.1 Å². The molecule has 170 valence electrons. The fourth-order valence-electron chi connectivity index (χ4n) is 3.13. The van der Waals surface area contributed by atoms with Crippen LogP contribution in [0.15, 0.2) is 58.4 Å². The van der Waals surface area contributed by atoms with E-state index in [0.717, 1.165) is 19.3 Å². The molecule has 0 bridgehead atoms. The summed E-state index contributed by atoms with van der Waals surface area (Å²) in [5, 5.41) is 5.85. The Bertz CT molecular complexity index is 1100. The number of aliphatic imine (C=N–C) groups is 1. The molecule has 2 aromatic rings. The summed E-state index contributed by atoms with van der Waals surface area (Å²) in [6, 6.07) is 12.4. The predicted octanol–water partition coefficient (Wildman–Crippen LogP) is 3.35. The number of hydrogen-bond donors (Lipinski definition) is 3. The third kappa shape index (κ3) is 7.06. The first-order chi connectivity index (χ1) is 15.3. The number of amidine groups is 1. The molecule has 1 aliphatic rings. The van der Waals surface area contributed by atoms with Crippen molar-refractivity contribution in [2.24, 2.45) is 4.99 Å². The molecular formula is C22H25ClN4O4S. The SMILES string of the molecule is O=C(CCNC(=O)c1ccc(Cl)cc1)Nc1cccc(S(=O)(=O)NC2=NCCCCC2)c1. The van der Waals surface area contributed by atoms with Gasteiger partial charge in [-0.05, 0) is 55.3 Å². The first-order valence-electron chi connectivity index (χ1n) is 10.3. The van der Waals surface area contributed by atoms with Crippen molar-refractivity contribution in [1.82, 2.24) is 10.0 Å². The van der Waals surface area contributed by atoms with E-state index >= 15 is 0 Å². The molecule has 0 fully saturated rings. The van der Waals surface area contributed by atoms with Crippen LogP contribution in [0.1, 0.15) is 42.5 Å². The minimum Gasteiger partial charge on any atom is -0.352 e. The van der Waals surface area contributed by atoms with Gasteiger partial charge in [-0.2, -0.15) is 0 Å². The van der Waals surface area contributed by atoms with Crippen LogP contribution < -0.4 is 15.4 Å². The van der Waals surface area contributed by atoms with Crippen LogP contribution in [-0.4, -0.2) is 39.2 Å². The van der Waals surface area contributed by atoms with E-state index in [9.17, 15) is 18.0 Å². The van der Waals surface area contributed by atoms with Gasteiger partial charge in [0.15, 0.2) is 0 Å². The average Bonchev–Trinajstić information content (AvgIpc) is 3.02. The van der Waals surface area contributed by atoms with E-state index in [0.29, 0.717) is 35.1 Å². The smallest absolute Gasteiger partial charge is 0.262 e. The molecule has 0 atom stereocenters. The van der Waals surface area contributed by atoms with Crippen molar-refractivity contribution in [1.29, 1.82) is 0 Å². The van der Waals surface area contributed by atoms with Crippen LogP contribution in [0.3, 0.4) is 0 Å². The zero-order chi connectivity index (χ0) is 23.0. The van der Waals surface area contributed by atoms with Gasteiger partial charge in [-0.3, -0.25) is 19.3 Å². The van der Waals surface area contributed by atoms with Gasteiger partial charge in [0.25, 0.3) is 15.9 Å². The monoisotopic (exact) mass is 476 g/mol. The maximum atomic E-state index is 12.7. The van der Waals surface area contributed by atoms with Crippen molar-refractivity contribution in [3.63, 3.8) is 0 Å². The van der Waals surface area contributed by atoms with Crippen molar-refractivity contribution >= 4 is 45.0 Å². The Hall–Kier alpha value is -2.91. The molecule has 0 aliphatic carbocycles. The highest BCUT2D eigenvalue weighted by molar-refractivity contribution is 7.90. The number of sulfonamides is 1. The molecule has 0 unspecified atom stereocenters. The minimum atomic E-state index is -3.79. The van der Waals surface area contributed by atoms with E-state index in [1.165, 1.54) is 12.1 Å². The molecule has 8 nitrogen and oxygen atoms in total. The zero-order valence-electron chi connectivity index (χ0n) is 17.4. The second-order valence-electron chi connectivity index (χ2n) is 7.33. The lowest BCUT2D eigenvalue weighted by atomic mass is 10.2. The van der Waals surface area contributed by atoms with Gasteiger partial charge in [-0.15, -0.1) is 0 Å². The van der Waals surface area contributed by atoms with E-state index in [2.05, 4.69) is 20.3 Å². The van der Waals surface area contributed by atoms with Crippen LogP contribution >= 0.6 is 11.6 Å². The Morgan fingerprint density at radius 3 is 2.59 bits per heavy atom. The van der Waals surface area contributed by atoms with Crippen LogP contribution in [0.25, 0.3) is 0 Å². The van der Waals surface area contributed by atoms with Crippen LogP contribution in [0, 0.1) is 0 Å². The van der Waals surface area contributed by atoms with Gasteiger partial charge in [0.1, 0.15) is 5.84 Å². The summed E-state index contributed by atoms with van der Waals surface area (Å²) in [5.41, 5.74) is 0.795. The lowest BCUT2D eigenvalue weighted by Gasteiger charge is -2.11. The van der Waals surface area contributed by atoms with Crippen LogP contribution in [0.2, 0.25) is 5.02 Å². The summed E-state index contributed by atoms with van der Waals surface area (Å²) in [7, 11) is -3.79. The predicted molar refractivity (Wildman–Crippen MR) is 125 cm³/mol. The van der Waals surface area contributed by atoms with E-state index in [-0.39, 0.29) is 29.7 Å². The van der Waals surface area contributed by atoms with Crippen LogP contribution in [0.4, 0.5) is 5.69 Å². The quantitative estimate of drug-likeness (QED) is 0.568. The third-order valence-electron chi connectivity index (χ3n) is 4.80. The molecular weight excluding hydrogens is 452 g/mol. The maximum Gasteiger partial charge on any atom is 0.262 e. The number of benzene rings is 2. The Balaban J connectivity index is 1.53. The Morgan fingerprint density at radius 1 is 1.03 bits per heavy atom. The molecule has 1 aliphatic heterocycles. The minimum absolute atomic E-state index is 0.0331. The molecule has 3 rings (SSSR count). The van der Waals surface area contributed by atoms with E-state index < -0.39 is 10.0 Å². The molecule has 10 heteroatoms. The number of rotatable bonds is 7. The molecule has 0 radical (unpaired) electrons. The Kier molecular flexibility index (Phi) is 8.24. The molecule has 3 N–H and O–H groups in total. The number of halogens is 1. The molecule has 32 heavy (non-hydrogen) atoms. The summed E-state index contributed by atoms with van der Waals surface area (Å²) < 4.78 is 27.9. The standard InChI is InChI=1S/C22H25ClN4O4S/c23-17-10-8-16(9-11-17)22(29)25-14-12-21(28)26-18-5-4-6-19(15-18)32(30,31)27-20-7-2-1-3-13-24-20/h4-6,8-11,15H,1-3,7,12-14H2,(H,24,27)(H,25,29)(H,26,28). The number of carbonyl (C=O) groups is 2. The summed E-state index contributed by atoms with van der Waals surface area (Å²) in [6.07, 6.45) is 3.50. The van der Waals surface area contributed by atoms with Crippen LogP contribution in [-0.2, 0) is 14.8 Å². The summed E-state index contributed by atoms with van der Waals surface area (Å²) in [5.74, 6) is -0.194. The highest BCUT2D eigenvalue weighted by atomic mass is 35.5. The van der Waals surface area contributed by atoms with E-state index in [1.807, 2.05) is 0 Å². The highest BCUT2D eigenvalue weighted by Crippen LogP contribution is 2.17. The molecule has 0 saturated carbocycles. The fourth-order valence-corrected chi connectivity index (χ4v) is 4.39. The van der Waals surface area contributed by atoms with Gasteiger partial charge in [-0.1, -0.05) is 24.1 Å². The van der Waals surface area contributed by atoms with Crippen LogP contribution in [0.5, 0.6) is 0 Å². The third-order valence-corrected chi connectivity index (χ3v) is 6.43. The van der Waals surface area contributed by atoms with E-state index in [1.54, 1.807) is 36.4 Å². The van der Waals surface area contributed by atoms with E-state index in [4.69, 9.17) is 11.6 Å². The number of anilines is 1. The number of nitrogens with one attached hydrogen (secondary N) is 3. The summed E-state index contributed by atoms with van der Waals surface area (Å²) >= 11 is 5.80. The Morgan fingerprint density at radius 2 is 1.81 bits per heavy atom. The van der Waals surface area contributed by atoms with Gasteiger partial charge < -0.3 is 10.6 Å². The lowest BCUT2D eigenvalue weighted by Crippen LogP contribution is -2.30. The normalized spacial score (nSPS) is 14.1. The molecule has 1 heterocycles. The van der Waals surface area contributed by atoms with Crippen molar-refractivity contribution in [3.8, 4) is 0 Å². The first kappa shape index (κ1) is 23.7. The number of amides is 2. The number of carbonyl (C=O) groups excluding carboxylic acids is 2. The summed E-state index contributed by atoms with van der Waals surface area (Å²) in [6.45, 7) is 0.745. The molecule has 2 aromatic carbocycles. The van der Waals surface area contributed by atoms with Crippen molar-refractivity contribution in [2.45, 2.75) is 37.0 Å². The second-order valence-corrected chi connectivity index (χ2v) is 9.45. The largest absolute Gasteiger partial charge is 0.352 e. The maximum absolute atomic E-state index is 12.7. The van der Waals surface area contributed by atoms with Gasteiger partial charge in [0.2, 0.25) is 5.91 Å². The van der Waals surface area contributed by atoms with Gasteiger partial charge >= 0.3 is 0 Å². The first-order valence-corrected chi connectivity index (χ1v) is 12.2. The highest BCUT2D eigenvalue weighted by Gasteiger charge is 2.18. The van der Waals surface area contributed by atoms with Gasteiger partial charge in [0, 0.05) is 42.2 Å². The molecule has 0 aromatic heterocycles. The fraction of sp³-hybridized carbons (Fsp3) is 0.318. The topological polar surface area (TPSA) is 117 Å². The van der Waals surface area contributed by atoms with Crippen molar-refractivity contribution in [2.75, 3.05) is 18.4 Å². The molecule has 0 saturated heterocycles. The zero-order valence-corrected chi connectivity index (χ0v) is 19.0. The van der Waals surface area contributed by atoms with Crippen molar-refractivity contribution < 1.29 is 18.0 Å². The molecule has 2 amide bonds. The average molecular weight is 477 g/mol. The molecule has 0 spiro atoms. The Labute approximate surface area is 192 Å².